The Morgan fingerprint density at radius 1 is 1.31 bits per heavy atom. The molecule has 2 aromatic rings. The maximum atomic E-state index is 11.7. The van der Waals surface area contributed by atoms with Gasteiger partial charge in [0.25, 0.3) is 0 Å². The van der Waals surface area contributed by atoms with Crippen molar-refractivity contribution in [3.8, 4) is 11.1 Å². The van der Waals surface area contributed by atoms with E-state index in [1.165, 1.54) is 0 Å². The van der Waals surface area contributed by atoms with Crippen LogP contribution in [0, 0.1) is 12.8 Å². The van der Waals surface area contributed by atoms with E-state index >= 15 is 0 Å². The monoisotopic (exact) mass is 347 g/mol. The first-order chi connectivity index (χ1) is 12.5. The fraction of sp³-hybridized carbons (Fsp3) is 0.286. The van der Waals surface area contributed by atoms with E-state index in [1.807, 2.05) is 19.1 Å². The highest BCUT2D eigenvalue weighted by Crippen LogP contribution is 2.41. The number of aromatic nitrogens is 1. The summed E-state index contributed by atoms with van der Waals surface area (Å²) in [5.41, 5.74) is 11.2. The van der Waals surface area contributed by atoms with Gasteiger partial charge < -0.3 is 10.3 Å². The SMILES string of the molecule is Cc1noc2c1-c1ccccc1C(C1=CCC(C)C=C1)=N[C@H]2CC(N)=O. The molecule has 0 bridgehead atoms. The van der Waals surface area contributed by atoms with Gasteiger partial charge in [0.05, 0.1) is 23.4 Å². The number of carbonyl (C=O) groups is 1. The molecule has 1 aliphatic carbocycles. The van der Waals surface area contributed by atoms with Crippen molar-refractivity contribution in [1.82, 2.24) is 5.16 Å². The van der Waals surface area contributed by atoms with Gasteiger partial charge in [0.2, 0.25) is 5.91 Å². The number of benzene rings is 1. The van der Waals surface area contributed by atoms with Crippen molar-refractivity contribution in [2.24, 2.45) is 16.6 Å². The van der Waals surface area contributed by atoms with Gasteiger partial charge in [-0.2, -0.15) is 0 Å². The third-order valence-corrected chi connectivity index (χ3v) is 4.91. The number of carbonyl (C=O) groups excluding carboxylic acids is 1. The normalized spacial score (nSPS) is 21.3. The Balaban J connectivity index is 1.95. The molecule has 1 aliphatic heterocycles. The molecule has 0 saturated carbocycles. The molecule has 0 saturated heterocycles. The number of amides is 1. The fourth-order valence-corrected chi connectivity index (χ4v) is 3.60. The van der Waals surface area contributed by atoms with Crippen molar-refractivity contribution < 1.29 is 9.32 Å². The van der Waals surface area contributed by atoms with Crippen molar-refractivity contribution in [3.63, 3.8) is 0 Å². The molecule has 2 N–H and O–H groups in total. The zero-order chi connectivity index (χ0) is 18.3. The molecule has 1 unspecified atom stereocenters. The van der Waals surface area contributed by atoms with Gasteiger partial charge in [0.1, 0.15) is 6.04 Å². The Hall–Kier alpha value is -2.95. The predicted molar refractivity (Wildman–Crippen MR) is 101 cm³/mol. The Morgan fingerprint density at radius 2 is 2.08 bits per heavy atom. The van der Waals surface area contributed by atoms with Crippen LogP contribution in [0.15, 0.2) is 57.6 Å². The molecule has 5 heteroatoms. The fourth-order valence-electron chi connectivity index (χ4n) is 3.60. The van der Waals surface area contributed by atoms with E-state index in [0.717, 1.165) is 40.1 Å². The third-order valence-electron chi connectivity index (χ3n) is 4.91. The quantitative estimate of drug-likeness (QED) is 0.914. The standard InChI is InChI=1S/C21H21N3O2/c1-12-7-9-14(10-8-12)20-16-6-4-3-5-15(16)19-13(2)24-26-21(19)17(23-20)11-18(22)25/h3-7,9-10,12,17H,8,11H2,1-2H3,(H2,22,25)/t12?,17-/m0/s1. The van der Waals surface area contributed by atoms with Gasteiger partial charge in [-0.05, 0) is 30.4 Å². The molecular formula is C21H21N3O2. The summed E-state index contributed by atoms with van der Waals surface area (Å²) in [6, 6.07) is 7.63. The first-order valence-electron chi connectivity index (χ1n) is 8.85. The van der Waals surface area contributed by atoms with E-state index in [9.17, 15) is 4.79 Å². The summed E-state index contributed by atoms with van der Waals surface area (Å²) in [5, 5.41) is 4.12. The van der Waals surface area contributed by atoms with E-state index < -0.39 is 11.9 Å². The Bertz CT molecular complexity index is 965. The number of rotatable bonds is 3. The van der Waals surface area contributed by atoms with Crippen LogP contribution in [0.5, 0.6) is 0 Å². The summed E-state index contributed by atoms with van der Waals surface area (Å²) in [6.45, 7) is 4.10. The summed E-state index contributed by atoms with van der Waals surface area (Å²) >= 11 is 0. The first kappa shape index (κ1) is 16.5. The lowest BCUT2D eigenvalue weighted by molar-refractivity contribution is -0.118. The number of fused-ring (bicyclic) bond motifs is 3. The van der Waals surface area contributed by atoms with E-state index in [4.69, 9.17) is 15.2 Å². The van der Waals surface area contributed by atoms with E-state index in [-0.39, 0.29) is 6.42 Å². The zero-order valence-electron chi connectivity index (χ0n) is 14.9. The summed E-state index contributed by atoms with van der Waals surface area (Å²) in [5.74, 6) is 0.714. The highest BCUT2D eigenvalue weighted by molar-refractivity contribution is 6.18. The minimum absolute atomic E-state index is 0.0898. The van der Waals surface area contributed by atoms with Crippen LogP contribution in [0.3, 0.4) is 0 Å². The van der Waals surface area contributed by atoms with Crippen LogP contribution < -0.4 is 5.73 Å². The highest BCUT2D eigenvalue weighted by Gasteiger charge is 2.31. The second-order valence-electron chi connectivity index (χ2n) is 6.95. The summed E-state index contributed by atoms with van der Waals surface area (Å²) in [7, 11) is 0. The molecule has 5 nitrogen and oxygen atoms in total. The molecule has 26 heavy (non-hydrogen) atoms. The van der Waals surface area contributed by atoms with Gasteiger partial charge in [-0.25, -0.2) is 0 Å². The number of aryl methyl sites for hydroxylation is 1. The van der Waals surface area contributed by atoms with Crippen LogP contribution in [-0.2, 0) is 4.79 Å². The number of nitrogens with two attached hydrogens (primary N) is 1. The molecule has 1 aromatic carbocycles. The zero-order valence-corrected chi connectivity index (χ0v) is 14.9. The average molecular weight is 347 g/mol. The van der Waals surface area contributed by atoms with E-state index in [1.54, 1.807) is 0 Å². The second-order valence-corrected chi connectivity index (χ2v) is 6.95. The van der Waals surface area contributed by atoms with Gasteiger partial charge >= 0.3 is 0 Å². The molecular weight excluding hydrogens is 326 g/mol. The van der Waals surface area contributed by atoms with E-state index in [2.05, 4.69) is 42.4 Å². The molecule has 2 heterocycles. The van der Waals surface area contributed by atoms with Gasteiger partial charge in [0, 0.05) is 5.56 Å². The van der Waals surface area contributed by atoms with Crippen LogP contribution in [0.2, 0.25) is 0 Å². The second kappa shape index (κ2) is 6.41. The molecule has 2 aliphatic rings. The molecule has 0 fully saturated rings. The van der Waals surface area contributed by atoms with Crippen LogP contribution >= 0.6 is 0 Å². The lowest BCUT2D eigenvalue weighted by Gasteiger charge is -2.16. The molecule has 1 aromatic heterocycles. The van der Waals surface area contributed by atoms with Gasteiger partial charge in [0.15, 0.2) is 5.76 Å². The lowest BCUT2D eigenvalue weighted by atomic mass is 9.89. The molecule has 0 spiro atoms. The molecule has 0 radical (unpaired) electrons. The largest absolute Gasteiger partial charge is 0.370 e. The Labute approximate surface area is 152 Å². The van der Waals surface area contributed by atoms with Crippen LogP contribution in [0.1, 0.15) is 42.8 Å². The first-order valence-corrected chi connectivity index (χ1v) is 8.85. The van der Waals surface area contributed by atoms with Crippen molar-refractivity contribution >= 4 is 11.6 Å². The number of nitrogens with zero attached hydrogens (tertiary/aromatic N) is 2. The summed E-state index contributed by atoms with van der Waals surface area (Å²) in [4.78, 5) is 16.6. The topological polar surface area (TPSA) is 81.5 Å². The number of aliphatic imine (C=N–C) groups is 1. The Kier molecular flexibility index (Phi) is 4.07. The van der Waals surface area contributed by atoms with Crippen molar-refractivity contribution in [3.05, 3.63) is 65.1 Å². The predicted octanol–water partition coefficient (Wildman–Crippen LogP) is 3.89. The number of hydrogen-bond donors (Lipinski definition) is 1. The highest BCUT2D eigenvalue weighted by atomic mass is 16.5. The van der Waals surface area contributed by atoms with Gasteiger partial charge in [-0.3, -0.25) is 9.79 Å². The third kappa shape index (κ3) is 2.79. The minimum atomic E-state index is -0.472. The minimum Gasteiger partial charge on any atom is -0.370 e. The summed E-state index contributed by atoms with van der Waals surface area (Å²) < 4.78 is 5.59. The number of hydrogen-bond acceptors (Lipinski definition) is 4. The van der Waals surface area contributed by atoms with Crippen molar-refractivity contribution in [1.29, 1.82) is 0 Å². The van der Waals surface area contributed by atoms with Crippen molar-refractivity contribution in [2.45, 2.75) is 32.7 Å². The number of allylic oxidation sites excluding steroid dienone is 4. The smallest absolute Gasteiger partial charge is 0.220 e. The maximum absolute atomic E-state index is 11.7. The number of primary amides is 1. The van der Waals surface area contributed by atoms with Crippen molar-refractivity contribution in [2.75, 3.05) is 0 Å². The summed E-state index contributed by atoms with van der Waals surface area (Å²) in [6.07, 6.45) is 7.58. The lowest BCUT2D eigenvalue weighted by Crippen LogP contribution is -2.15. The average Bonchev–Trinajstić information content (AvgIpc) is 2.94. The molecule has 132 valence electrons. The van der Waals surface area contributed by atoms with Crippen LogP contribution in [-0.4, -0.2) is 16.8 Å². The van der Waals surface area contributed by atoms with Gasteiger partial charge in [-0.1, -0.05) is 54.6 Å². The molecule has 4 rings (SSSR count). The molecule has 1 amide bonds. The van der Waals surface area contributed by atoms with Crippen LogP contribution in [0.4, 0.5) is 0 Å². The van der Waals surface area contributed by atoms with E-state index in [0.29, 0.717) is 11.7 Å². The Morgan fingerprint density at radius 3 is 2.77 bits per heavy atom. The van der Waals surface area contributed by atoms with Gasteiger partial charge in [-0.15, -0.1) is 0 Å². The molecule has 2 atom stereocenters. The maximum Gasteiger partial charge on any atom is 0.220 e. The van der Waals surface area contributed by atoms with Crippen LogP contribution in [0.25, 0.3) is 11.1 Å².